The first-order valence-corrected chi connectivity index (χ1v) is 9.65. The van der Waals surface area contributed by atoms with Crippen molar-refractivity contribution in [1.82, 2.24) is 15.1 Å². The fourth-order valence-corrected chi connectivity index (χ4v) is 3.58. The minimum Gasteiger partial charge on any atom is -0.450 e. The number of ether oxygens (including phenoxy) is 1. The second-order valence-electron chi connectivity index (χ2n) is 6.98. The Balaban J connectivity index is 1.44. The first kappa shape index (κ1) is 20.2. The van der Waals surface area contributed by atoms with Crippen molar-refractivity contribution < 1.29 is 23.1 Å². The SMILES string of the molecule is CCOC(=O)N1CCC(NC(=O)N2CCN(c3ccc(F)cc3F)CC2)CC1. The second kappa shape index (κ2) is 9.07. The van der Waals surface area contributed by atoms with Crippen molar-refractivity contribution in [2.45, 2.75) is 25.8 Å². The zero-order valence-electron chi connectivity index (χ0n) is 16.0. The third-order valence-electron chi connectivity index (χ3n) is 5.17. The number of rotatable bonds is 3. The summed E-state index contributed by atoms with van der Waals surface area (Å²) < 4.78 is 32.0. The van der Waals surface area contributed by atoms with Crippen LogP contribution in [-0.2, 0) is 4.74 Å². The van der Waals surface area contributed by atoms with Gasteiger partial charge in [0.1, 0.15) is 11.6 Å². The summed E-state index contributed by atoms with van der Waals surface area (Å²) in [4.78, 5) is 29.4. The van der Waals surface area contributed by atoms with E-state index in [4.69, 9.17) is 4.74 Å². The van der Waals surface area contributed by atoms with Gasteiger partial charge < -0.3 is 24.8 Å². The molecule has 1 aromatic rings. The van der Waals surface area contributed by atoms with Crippen molar-refractivity contribution in [3.05, 3.63) is 29.8 Å². The molecule has 2 heterocycles. The van der Waals surface area contributed by atoms with Gasteiger partial charge in [-0.1, -0.05) is 0 Å². The summed E-state index contributed by atoms with van der Waals surface area (Å²) in [6.07, 6.45) is 1.06. The fraction of sp³-hybridized carbons (Fsp3) is 0.579. The number of hydrogen-bond acceptors (Lipinski definition) is 4. The molecule has 28 heavy (non-hydrogen) atoms. The molecule has 0 radical (unpaired) electrons. The molecule has 154 valence electrons. The van der Waals surface area contributed by atoms with E-state index in [1.807, 2.05) is 4.90 Å². The van der Waals surface area contributed by atoms with E-state index < -0.39 is 11.6 Å². The van der Waals surface area contributed by atoms with Gasteiger partial charge in [0.25, 0.3) is 0 Å². The van der Waals surface area contributed by atoms with E-state index in [0.717, 1.165) is 6.07 Å². The van der Waals surface area contributed by atoms with Crippen LogP contribution in [0.15, 0.2) is 18.2 Å². The Morgan fingerprint density at radius 2 is 1.75 bits per heavy atom. The lowest BCUT2D eigenvalue weighted by Gasteiger charge is -2.38. The number of carbonyl (C=O) groups is 2. The Morgan fingerprint density at radius 3 is 2.36 bits per heavy atom. The van der Waals surface area contributed by atoms with E-state index >= 15 is 0 Å². The van der Waals surface area contributed by atoms with Crippen LogP contribution in [0.5, 0.6) is 0 Å². The number of piperidine rings is 1. The van der Waals surface area contributed by atoms with Crippen LogP contribution in [0, 0.1) is 11.6 Å². The number of amides is 3. The highest BCUT2D eigenvalue weighted by Gasteiger charge is 2.28. The molecule has 0 atom stereocenters. The maximum Gasteiger partial charge on any atom is 0.409 e. The minimum absolute atomic E-state index is 0.0192. The third-order valence-corrected chi connectivity index (χ3v) is 5.17. The van der Waals surface area contributed by atoms with Gasteiger partial charge >= 0.3 is 12.1 Å². The average molecular weight is 396 g/mol. The molecule has 2 aliphatic heterocycles. The van der Waals surface area contributed by atoms with Crippen LogP contribution in [-0.4, -0.2) is 73.8 Å². The van der Waals surface area contributed by atoms with Crippen LogP contribution in [0.1, 0.15) is 19.8 Å². The Kier molecular flexibility index (Phi) is 6.53. The lowest BCUT2D eigenvalue weighted by atomic mass is 10.1. The molecule has 3 amide bonds. The summed E-state index contributed by atoms with van der Waals surface area (Å²) in [6, 6.07) is 3.41. The van der Waals surface area contributed by atoms with Crippen molar-refractivity contribution >= 4 is 17.8 Å². The van der Waals surface area contributed by atoms with Crippen molar-refractivity contribution in [2.75, 3.05) is 50.8 Å². The molecule has 0 unspecified atom stereocenters. The zero-order valence-corrected chi connectivity index (χ0v) is 16.0. The Labute approximate surface area is 163 Å². The lowest BCUT2D eigenvalue weighted by molar-refractivity contribution is 0.0950. The van der Waals surface area contributed by atoms with Crippen LogP contribution in [0.4, 0.5) is 24.1 Å². The molecule has 0 spiro atoms. The fourth-order valence-electron chi connectivity index (χ4n) is 3.58. The van der Waals surface area contributed by atoms with Gasteiger partial charge in [-0.15, -0.1) is 0 Å². The zero-order chi connectivity index (χ0) is 20.1. The molecule has 1 aromatic carbocycles. The van der Waals surface area contributed by atoms with Crippen LogP contribution >= 0.6 is 0 Å². The third kappa shape index (κ3) is 4.82. The number of likely N-dealkylation sites (tertiary alicyclic amines) is 1. The standard InChI is InChI=1S/C19H26F2N4O3/c1-2-28-19(27)25-7-5-15(6-8-25)22-18(26)24-11-9-23(10-12-24)17-4-3-14(20)13-16(17)21/h3-4,13,15H,2,5-12H2,1H3,(H,22,26). The highest BCUT2D eigenvalue weighted by Crippen LogP contribution is 2.21. The Bertz CT molecular complexity index is 702. The first-order chi connectivity index (χ1) is 13.5. The summed E-state index contributed by atoms with van der Waals surface area (Å²) in [6.45, 7) is 5.13. The number of hydrogen-bond donors (Lipinski definition) is 1. The summed E-state index contributed by atoms with van der Waals surface area (Å²) >= 11 is 0. The topological polar surface area (TPSA) is 65.1 Å². The minimum atomic E-state index is -0.603. The van der Waals surface area contributed by atoms with Crippen LogP contribution in [0.3, 0.4) is 0 Å². The largest absolute Gasteiger partial charge is 0.450 e. The highest BCUT2D eigenvalue weighted by atomic mass is 19.1. The summed E-state index contributed by atoms with van der Waals surface area (Å²) in [7, 11) is 0. The van der Waals surface area contributed by atoms with E-state index in [1.54, 1.807) is 16.7 Å². The van der Waals surface area contributed by atoms with E-state index in [2.05, 4.69) is 5.32 Å². The lowest BCUT2D eigenvalue weighted by Crippen LogP contribution is -2.55. The predicted molar refractivity (Wildman–Crippen MR) is 100 cm³/mol. The molecule has 2 fully saturated rings. The number of anilines is 1. The maximum absolute atomic E-state index is 13.9. The number of benzene rings is 1. The van der Waals surface area contributed by atoms with Crippen molar-refractivity contribution in [3.63, 3.8) is 0 Å². The number of piperazine rings is 1. The molecule has 0 aliphatic carbocycles. The maximum atomic E-state index is 13.9. The summed E-state index contributed by atoms with van der Waals surface area (Å²) in [5.41, 5.74) is 0.354. The molecule has 2 aliphatic rings. The van der Waals surface area contributed by atoms with Crippen molar-refractivity contribution in [1.29, 1.82) is 0 Å². The van der Waals surface area contributed by atoms with Crippen LogP contribution < -0.4 is 10.2 Å². The molecular formula is C19H26F2N4O3. The first-order valence-electron chi connectivity index (χ1n) is 9.65. The van der Waals surface area contributed by atoms with Gasteiger partial charge in [-0.3, -0.25) is 0 Å². The molecule has 9 heteroatoms. The predicted octanol–water partition coefficient (Wildman–Crippen LogP) is 2.42. The smallest absolute Gasteiger partial charge is 0.409 e. The summed E-state index contributed by atoms with van der Waals surface area (Å²) in [5, 5.41) is 3.02. The number of carbonyl (C=O) groups excluding carboxylic acids is 2. The molecule has 0 aromatic heterocycles. The second-order valence-corrected chi connectivity index (χ2v) is 6.98. The molecule has 0 saturated carbocycles. The van der Waals surface area contributed by atoms with Crippen molar-refractivity contribution in [2.24, 2.45) is 0 Å². The van der Waals surface area contributed by atoms with Gasteiger partial charge in [-0.2, -0.15) is 0 Å². The molecule has 2 saturated heterocycles. The van der Waals surface area contributed by atoms with Gasteiger partial charge in [0.15, 0.2) is 0 Å². The highest BCUT2D eigenvalue weighted by molar-refractivity contribution is 5.75. The normalized spacial score (nSPS) is 18.2. The molecule has 7 nitrogen and oxygen atoms in total. The van der Waals surface area contributed by atoms with Gasteiger partial charge in [0, 0.05) is 51.4 Å². The van der Waals surface area contributed by atoms with E-state index in [9.17, 15) is 18.4 Å². The van der Waals surface area contributed by atoms with Gasteiger partial charge in [-0.05, 0) is 31.9 Å². The van der Waals surface area contributed by atoms with Crippen LogP contribution in [0.2, 0.25) is 0 Å². The van der Waals surface area contributed by atoms with E-state index in [1.165, 1.54) is 12.1 Å². The molecule has 1 N–H and O–H groups in total. The van der Waals surface area contributed by atoms with E-state index in [-0.39, 0.29) is 18.2 Å². The monoisotopic (exact) mass is 396 g/mol. The van der Waals surface area contributed by atoms with Crippen molar-refractivity contribution in [3.8, 4) is 0 Å². The van der Waals surface area contributed by atoms with Gasteiger partial charge in [-0.25, -0.2) is 18.4 Å². The number of urea groups is 1. The molecule has 3 rings (SSSR count). The van der Waals surface area contributed by atoms with E-state index in [0.29, 0.717) is 64.4 Å². The Morgan fingerprint density at radius 1 is 1.07 bits per heavy atom. The van der Waals surface area contributed by atoms with Gasteiger partial charge in [0.05, 0.1) is 12.3 Å². The number of nitrogens with zero attached hydrogens (tertiary/aromatic N) is 3. The average Bonchev–Trinajstić information content (AvgIpc) is 2.69. The van der Waals surface area contributed by atoms with Gasteiger partial charge in [0.2, 0.25) is 0 Å². The van der Waals surface area contributed by atoms with Crippen LogP contribution in [0.25, 0.3) is 0 Å². The number of halogens is 2. The molecule has 0 bridgehead atoms. The Hall–Kier alpha value is -2.58. The molecular weight excluding hydrogens is 370 g/mol. The number of nitrogens with one attached hydrogen (secondary N) is 1. The summed E-state index contributed by atoms with van der Waals surface area (Å²) in [5.74, 6) is -1.19. The quantitative estimate of drug-likeness (QED) is 0.852.